The van der Waals surface area contributed by atoms with Crippen LogP contribution in [-0.4, -0.2) is 38.0 Å². The zero-order chi connectivity index (χ0) is 22.5. The van der Waals surface area contributed by atoms with E-state index in [0.29, 0.717) is 11.7 Å². The molecule has 2 aromatic carbocycles. The van der Waals surface area contributed by atoms with Crippen LogP contribution in [-0.2, 0) is 4.79 Å². The van der Waals surface area contributed by atoms with Crippen molar-refractivity contribution in [3.8, 4) is 17.1 Å². The maximum Gasteiger partial charge on any atom is 0.237 e. The van der Waals surface area contributed by atoms with Gasteiger partial charge in [0.05, 0.1) is 5.75 Å². The Hall–Kier alpha value is -3.45. The Kier molecular flexibility index (Phi) is 6.66. The molecule has 2 aromatic heterocycles. The lowest BCUT2D eigenvalue weighted by Gasteiger charge is -2.22. The second kappa shape index (κ2) is 9.78. The Labute approximate surface area is 192 Å². The number of thioether (sulfide) groups is 1. The van der Waals surface area contributed by atoms with Crippen molar-refractivity contribution < 1.29 is 4.79 Å². The Morgan fingerprint density at radius 3 is 2.38 bits per heavy atom. The van der Waals surface area contributed by atoms with E-state index in [1.165, 1.54) is 17.3 Å². The number of anilines is 1. The predicted molar refractivity (Wildman–Crippen MR) is 129 cm³/mol. The summed E-state index contributed by atoms with van der Waals surface area (Å²) < 4.78 is 2.00. The average Bonchev–Trinajstić information content (AvgIpc) is 3.24. The average molecular weight is 444 g/mol. The van der Waals surface area contributed by atoms with Gasteiger partial charge in [0.25, 0.3) is 0 Å². The van der Waals surface area contributed by atoms with Crippen molar-refractivity contribution in [2.24, 2.45) is 0 Å². The third-order valence-electron chi connectivity index (χ3n) is 5.21. The summed E-state index contributed by atoms with van der Waals surface area (Å²) in [6, 6.07) is 20.0. The molecular weight excluding hydrogens is 418 g/mol. The molecule has 0 spiro atoms. The molecule has 4 aromatic rings. The summed E-state index contributed by atoms with van der Waals surface area (Å²) in [5, 5.41) is 9.54. The van der Waals surface area contributed by atoms with Gasteiger partial charge in [-0.3, -0.25) is 14.3 Å². The van der Waals surface area contributed by atoms with Crippen LogP contribution in [0.2, 0.25) is 0 Å². The molecule has 0 fully saturated rings. The van der Waals surface area contributed by atoms with E-state index in [9.17, 15) is 4.79 Å². The van der Waals surface area contributed by atoms with Gasteiger partial charge in [0.1, 0.15) is 0 Å². The van der Waals surface area contributed by atoms with Crippen LogP contribution in [0.5, 0.6) is 0 Å². The van der Waals surface area contributed by atoms with Crippen molar-refractivity contribution in [2.45, 2.75) is 25.9 Å². The minimum atomic E-state index is 0.0377. The Morgan fingerprint density at radius 2 is 1.69 bits per heavy atom. The number of nitrogens with zero attached hydrogens (tertiary/aromatic N) is 5. The molecule has 0 aliphatic carbocycles. The molecule has 0 saturated heterocycles. The van der Waals surface area contributed by atoms with Crippen LogP contribution in [0.3, 0.4) is 0 Å². The highest BCUT2D eigenvalue weighted by molar-refractivity contribution is 7.99. The highest BCUT2D eigenvalue weighted by atomic mass is 32.2. The lowest BCUT2D eigenvalue weighted by atomic mass is 10.2. The number of benzene rings is 2. The third-order valence-corrected chi connectivity index (χ3v) is 6.13. The fourth-order valence-corrected chi connectivity index (χ4v) is 4.36. The second-order valence-corrected chi connectivity index (χ2v) is 8.37. The van der Waals surface area contributed by atoms with E-state index in [4.69, 9.17) is 0 Å². The van der Waals surface area contributed by atoms with Crippen molar-refractivity contribution in [3.05, 3.63) is 84.2 Å². The number of rotatable bonds is 7. The van der Waals surface area contributed by atoms with Gasteiger partial charge in [0.2, 0.25) is 5.91 Å². The van der Waals surface area contributed by atoms with Crippen LogP contribution in [0.15, 0.2) is 78.2 Å². The molecule has 2 heterocycles. The van der Waals surface area contributed by atoms with Gasteiger partial charge < -0.3 is 4.90 Å². The number of hydrogen-bond acceptors (Lipinski definition) is 5. The van der Waals surface area contributed by atoms with Gasteiger partial charge in [-0.15, -0.1) is 10.2 Å². The van der Waals surface area contributed by atoms with E-state index in [2.05, 4.69) is 34.2 Å². The number of para-hydroxylation sites is 1. The fourth-order valence-electron chi connectivity index (χ4n) is 3.53. The first kappa shape index (κ1) is 21.8. The summed E-state index contributed by atoms with van der Waals surface area (Å²) in [7, 11) is 0. The lowest BCUT2D eigenvalue weighted by Crippen LogP contribution is -2.32. The molecular formula is C25H25N5OS. The van der Waals surface area contributed by atoms with E-state index in [-0.39, 0.29) is 11.7 Å². The number of amides is 1. The van der Waals surface area contributed by atoms with Crippen LogP contribution in [0, 0.1) is 13.8 Å². The number of hydrogen-bond donors (Lipinski definition) is 0. The number of aromatic nitrogens is 4. The molecule has 0 N–H and O–H groups in total. The van der Waals surface area contributed by atoms with Gasteiger partial charge in [-0.05, 0) is 56.7 Å². The lowest BCUT2D eigenvalue weighted by molar-refractivity contribution is -0.116. The van der Waals surface area contributed by atoms with Gasteiger partial charge in [0.15, 0.2) is 11.0 Å². The molecule has 0 bridgehead atoms. The predicted octanol–water partition coefficient (Wildman–Crippen LogP) is 5.09. The monoisotopic (exact) mass is 443 g/mol. The summed E-state index contributed by atoms with van der Waals surface area (Å²) in [5.41, 5.74) is 5.07. The number of aryl methyl sites for hydroxylation is 2. The Morgan fingerprint density at radius 1 is 0.969 bits per heavy atom. The second-order valence-electron chi connectivity index (χ2n) is 7.43. The Bertz CT molecular complexity index is 1200. The highest BCUT2D eigenvalue weighted by Crippen LogP contribution is 2.29. The molecule has 0 aliphatic heterocycles. The topological polar surface area (TPSA) is 63.9 Å². The minimum Gasteiger partial charge on any atom is -0.312 e. The first-order valence-electron chi connectivity index (χ1n) is 10.5. The van der Waals surface area contributed by atoms with Gasteiger partial charge in [-0.25, -0.2) is 0 Å². The molecule has 0 unspecified atom stereocenters. The SMILES string of the molecule is CCN(C(=O)CSc1nnc(-c2ccncc2)n1-c1ccc(C)cc1)c1ccccc1C. The zero-order valence-corrected chi connectivity index (χ0v) is 19.2. The van der Waals surface area contributed by atoms with Gasteiger partial charge in [-0.1, -0.05) is 47.7 Å². The summed E-state index contributed by atoms with van der Waals surface area (Å²) in [5.74, 6) is 1.02. The fraction of sp³-hybridized carbons (Fsp3) is 0.200. The van der Waals surface area contributed by atoms with Gasteiger partial charge in [-0.2, -0.15) is 0 Å². The third kappa shape index (κ3) is 4.57. The van der Waals surface area contributed by atoms with Crippen molar-refractivity contribution in [1.82, 2.24) is 19.7 Å². The number of carbonyl (C=O) groups excluding carboxylic acids is 1. The molecule has 0 aliphatic rings. The van der Waals surface area contributed by atoms with E-state index < -0.39 is 0 Å². The van der Waals surface area contributed by atoms with Crippen molar-refractivity contribution in [3.63, 3.8) is 0 Å². The van der Waals surface area contributed by atoms with Crippen molar-refractivity contribution in [1.29, 1.82) is 0 Å². The van der Waals surface area contributed by atoms with Gasteiger partial charge in [0, 0.05) is 35.9 Å². The van der Waals surface area contributed by atoms with Crippen LogP contribution in [0.4, 0.5) is 5.69 Å². The molecule has 0 saturated carbocycles. The summed E-state index contributed by atoms with van der Waals surface area (Å²) in [6.45, 7) is 6.68. The Balaban J connectivity index is 1.64. The summed E-state index contributed by atoms with van der Waals surface area (Å²) in [4.78, 5) is 19.0. The number of pyridine rings is 1. The van der Waals surface area contributed by atoms with Crippen LogP contribution < -0.4 is 4.90 Å². The first-order chi connectivity index (χ1) is 15.6. The quantitative estimate of drug-likeness (QED) is 0.372. The van der Waals surface area contributed by atoms with Gasteiger partial charge >= 0.3 is 0 Å². The molecule has 6 nitrogen and oxygen atoms in total. The maximum atomic E-state index is 13.1. The van der Waals surface area contributed by atoms with Crippen LogP contribution in [0.25, 0.3) is 17.1 Å². The largest absolute Gasteiger partial charge is 0.312 e. The number of carbonyl (C=O) groups is 1. The standard InChI is InChI=1S/C25H25N5OS/c1-4-29(22-8-6-5-7-19(22)3)23(31)17-32-25-28-27-24(20-13-15-26-16-14-20)30(25)21-11-9-18(2)10-12-21/h5-16H,4,17H2,1-3H3. The molecule has 7 heteroatoms. The molecule has 0 radical (unpaired) electrons. The van der Waals surface area contributed by atoms with Crippen LogP contribution in [0.1, 0.15) is 18.1 Å². The summed E-state index contributed by atoms with van der Waals surface area (Å²) in [6.07, 6.45) is 3.47. The zero-order valence-electron chi connectivity index (χ0n) is 18.4. The molecule has 162 valence electrons. The molecule has 1 amide bonds. The minimum absolute atomic E-state index is 0.0377. The smallest absolute Gasteiger partial charge is 0.237 e. The first-order valence-corrected chi connectivity index (χ1v) is 11.5. The van der Waals surface area contributed by atoms with Crippen molar-refractivity contribution in [2.75, 3.05) is 17.2 Å². The molecule has 4 rings (SSSR count). The van der Waals surface area contributed by atoms with E-state index >= 15 is 0 Å². The van der Waals surface area contributed by atoms with Crippen molar-refractivity contribution >= 4 is 23.4 Å². The maximum absolute atomic E-state index is 13.1. The van der Waals surface area contributed by atoms with Crippen LogP contribution >= 0.6 is 11.8 Å². The normalized spacial score (nSPS) is 10.8. The summed E-state index contributed by atoms with van der Waals surface area (Å²) >= 11 is 1.40. The van der Waals surface area contributed by atoms with E-state index in [1.54, 1.807) is 12.4 Å². The highest BCUT2D eigenvalue weighted by Gasteiger charge is 2.20. The molecule has 0 atom stereocenters. The van der Waals surface area contributed by atoms with E-state index in [0.717, 1.165) is 28.3 Å². The van der Waals surface area contributed by atoms with E-state index in [1.807, 2.05) is 71.8 Å². The molecule has 32 heavy (non-hydrogen) atoms.